The van der Waals surface area contributed by atoms with Gasteiger partial charge in [-0.25, -0.2) is 0 Å². The highest BCUT2D eigenvalue weighted by atomic mass is 79.9. The number of rotatable bonds is 1. The quantitative estimate of drug-likeness (QED) is 0.529. The first-order valence-electron chi connectivity index (χ1n) is 7.67. The maximum atomic E-state index is 12.5. The second kappa shape index (κ2) is 5.35. The van der Waals surface area contributed by atoms with E-state index in [1.807, 2.05) is 24.3 Å². The van der Waals surface area contributed by atoms with Crippen LogP contribution >= 0.6 is 15.9 Å². The highest BCUT2D eigenvalue weighted by Crippen LogP contribution is 2.38. The molecule has 1 N–H and O–H groups in total. The van der Waals surface area contributed by atoms with Gasteiger partial charge in [-0.1, -0.05) is 15.9 Å². The van der Waals surface area contributed by atoms with Gasteiger partial charge in [-0.05, 0) is 36.4 Å². The zero-order chi connectivity index (χ0) is 17.0. The largest absolute Gasteiger partial charge is 0.454 e. The lowest BCUT2D eigenvalue weighted by Crippen LogP contribution is -2.20. The van der Waals surface area contributed by atoms with Gasteiger partial charge in [0, 0.05) is 22.0 Å². The summed E-state index contributed by atoms with van der Waals surface area (Å²) in [5.74, 6) is 2.80. The molecule has 2 aromatic carbocycles. The smallest absolute Gasteiger partial charge is 0.258 e. The Bertz CT molecular complexity index is 1080. The summed E-state index contributed by atoms with van der Waals surface area (Å²) in [4.78, 5) is 19.9. The third kappa shape index (κ3) is 2.39. The highest BCUT2D eigenvalue weighted by Gasteiger charge is 2.23. The summed E-state index contributed by atoms with van der Waals surface area (Å²) >= 11 is 3.44. The molecule has 0 bridgehead atoms. The van der Waals surface area contributed by atoms with E-state index in [0.717, 1.165) is 15.6 Å². The zero-order valence-corrected chi connectivity index (χ0v) is 14.4. The van der Waals surface area contributed by atoms with Crippen molar-refractivity contribution >= 4 is 15.9 Å². The molecule has 3 aromatic rings. The topological polar surface area (TPSA) is 73.4 Å². The summed E-state index contributed by atoms with van der Waals surface area (Å²) in [5, 5.41) is 0. The van der Waals surface area contributed by atoms with Gasteiger partial charge in [-0.15, -0.1) is 0 Å². The first-order chi connectivity index (χ1) is 12.2. The van der Waals surface area contributed by atoms with Crippen molar-refractivity contribution in [1.82, 2.24) is 9.97 Å². The monoisotopic (exact) mass is 398 g/mol. The van der Waals surface area contributed by atoms with Gasteiger partial charge in [0.1, 0.15) is 11.6 Å². The Labute approximate surface area is 150 Å². The van der Waals surface area contributed by atoms with Gasteiger partial charge in [0.15, 0.2) is 11.5 Å². The van der Waals surface area contributed by atoms with Crippen LogP contribution in [0.15, 0.2) is 45.7 Å². The molecule has 3 heterocycles. The van der Waals surface area contributed by atoms with Gasteiger partial charge in [0.2, 0.25) is 12.7 Å². The molecule has 0 amide bonds. The Morgan fingerprint density at radius 3 is 2.80 bits per heavy atom. The fourth-order valence-corrected chi connectivity index (χ4v) is 3.39. The number of benzene rings is 2. The van der Waals surface area contributed by atoms with E-state index < -0.39 is 0 Å². The standard InChI is InChI=1S/C18H11BrN2O4/c19-11-2-4-13-10(5-11)6-12-17(22)20-16(21-18(12)25-13)9-1-3-14-15(7-9)24-8-23-14/h1-5,7H,6,8H2,(H,20,21,22). The molecule has 0 radical (unpaired) electrons. The molecular weight excluding hydrogens is 388 g/mol. The van der Waals surface area contributed by atoms with E-state index >= 15 is 0 Å². The minimum Gasteiger partial charge on any atom is -0.454 e. The average molecular weight is 399 g/mol. The Morgan fingerprint density at radius 2 is 1.88 bits per heavy atom. The Morgan fingerprint density at radius 1 is 1.04 bits per heavy atom. The number of aromatic amines is 1. The molecule has 2 aliphatic heterocycles. The maximum Gasteiger partial charge on any atom is 0.258 e. The minimum atomic E-state index is -0.205. The van der Waals surface area contributed by atoms with Crippen LogP contribution in [0.1, 0.15) is 11.1 Å². The summed E-state index contributed by atoms with van der Waals surface area (Å²) in [6, 6.07) is 11.1. The number of H-pyrrole nitrogens is 1. The molecule has 1 aromatic heterocycles. The number of ether oxygens (including phenoxy) is 3. The van der Waals surface area contributed by atoms with Gasteiger partial charge in [-0.3, -0.25) is 4.79 Å². The Kier molecular flexibility index (Phi) is 3.11. The van der Waals surface area contributed by atoms with Crippen molar-refractivity contribution in [1.29, 1.82) is 0 Å². The maximum absolute atomic E-state index is 12.5. The molecule has 0 spiro atoms. The lowest BCUT2D eigenvalue weighted by molar-refractivity contribution is 0.174. The molecule has 5 rings (SSSR count). The molecular formula is C18H11BrN2O4. The molecule has 0 atom stereocenters. The number of nitrogens with one attached hydrogen (secondary N) is 1. The summed E-state index contributed by atoms with van der Waals surface area (Å²) in [7, 11) is 0. The van der Waals surface area contributed by atoms with Gasteiger partial charge >= 0.3 is 0 Å². The second-order valence-electron chi connectivity index (χ2n) is 5.80. The minimum absolute atomic E-state index is 0.197. The van der Waals surface area contributed by atoms with Crippen LogP contribution in [0.4, 0.5) is 0 Å². The van der Waals surface area contributed by atoms with E-state index in [1.165, 1.54) is 0 Å². The predicted molar refractivity (Wildman–Crippen MR) is 93.4 cm³/mol. The number of fused-ring (bicyclic) bond motifs is 3. The normalized spacial score (nSPS) is 13.8. The third-order valence-corrected chi connectivity index (χ3v) is 4.71. The van der Waals surface area contributed by atoms with Crippen molar-refractivity contribution in [2.45, 2.75) is 6.42 Å². The third-order valence-electron chi connectivity index (χ3n) is 4.22. The van der Waals surface area contributed by atoms with Crippen molar-refractivity contribution in [3.8, 4) is 34.5 Å². The van der Waals surface area contributed by atoms with Crippen molar-refractivity contribution in [2.24, 2.45) is 0 Å². The van der Waals surface area contributed by atoms with Gasteiger partial charge in [-0.2, -0.15) is 4.98 Å². The van der Waals surface area contributed by atoms with E-state index in [2.05, 4.69) is 25.9 Å². The van der Waals surface area contributed by atoms with E-state index in [0.29, 0.717) is 40.9 Å². The number of nitrogens with zero attached hydrogens (tertiary/aromatic N) is 1. The molecule has 124 valence electrons. The summed E-state index contributed by atoms with van der Waals surface area (Å²) in [5.41, 5.74) is 2.00. The number of hydrogen-bond donors (Lipinski definition) is 1. The van der Waals surface area contributed by atoms with Gasteiger partial charge in [0.05, 0.1) is 5.56 Å². The summed E-state index contributed by atoms with van der Waals surface area (Å²) in [6.45, 7) is 0.197. The van der Waals surface area contributed by atoms with Crippen molar-refractivity contribution < 1.29 is 14.2 Å². The Hall–Kier alpha value is -2.80. The fraction of sp³-hybridized carbons (Fsp3) is 0.111. The lowest BCUT2D eigenvalue weighted by atomic mass is 10.0. The first-order valence-corrected chi connectivity index (χ1v) is 8.46. The SMILES string of the molecule is O=c1[nH]c(-c2ccc3c(c2)OCO3)nc2c1Cc1cc(Br)ccc1O2. The molecule has 0 aliphatic carbocycles. The van der Waals surface area contributed by atoms with Crippen LogP contribution in [-0.2, 0) is 6.42 Å². The molecule has 7 heteroatoms. The fourth-order valence-electron chi connectivity index (χ4n) is 2.98. The van der Waals surface area contributed by atoms with Crippen molar-refractivity contribution in [3.63, 3.8) is 0 Å². The zero-order valence-electron chi connectivity index (χ0n) is 12.8. The molecule has 6 nitrogen and oxygen atoms in total. The number of hydrogen-bond acceptors (Lipinski definition) is 5. The molecule has 2 aliphatic rings. The van der Waals surface area contributed by atoms with Crippen molar-refractivity contribution in [2.75, 3.05) is 6.79 Å². The van der Waals surface area contributed by atoms with E-state index in [9.17, 15) is 4.79 Å². The molecule has 25 heavy (non-hydrogen) atoms. The number of aromatic nitrogens is 2. The van der Waals surface area contributed by atoms with Crippen LogP contribution in [0.25, 0.3) is 11.4 Å². The molecule has 0 fully saturated rings. The summed E-state index contributed by atoms with van der Waals surface area (Å²) in [6.07, 6.45) is 0.480. The van der Waals surface area contributed by atoms with Crippen LogP contribution in [0.2, 0.25) is 0 Å². The van der Waals surface area contributed by atoms with Gasteiger partial charge < -0.3 is 19.2 Å². The van der Waals surface area contributed by atoms with Crippen LogP contribution in [0.3, 0.4) is 0 Å². The van der Waals surface area contributed by atoms with E-state index in [1.54, 1.807) is 12.1 Å². The average Bonchev–Trinajstić information content (AvgIpc) is 3.08. The van der Waals surface area contributed by atoms with Crippen LogP contribution in [0, 0.1) is 0 Å². The van der Waals surface area contributed by atoms with Crippen LogP contribution < -0.4 is 19.8 Å². The molecule has 0 unspecified atom stereocenters. The second-order valence-corrected chi connectivity index (χ2v) is 6.71. The van der Waals surface area contributed by atoms with Crippen molar-refractivity contribution in [3.05, 3.63) is 62.4 Å². The lowest BCUT2D eigenvalue weighted by Gasteiger charge is -2.19. The highest BCUT2D eigenvalue weighted by molar-refractivity contribution is 9.10. The Balaban J connectivity index is 1.59. The van der Waals surface area contributed by atoms with Crippen LogP contribution in [0.5, 0.6) is 23.1 Å². The van der Waals surface area contributed by atoms with Crippen LogP contribution in [-0.4, -0.2) is 16.8 Å². The first kappa shape index (κ1) is 14.5. The number of halogens is 1. The van der Waals surface area contributed by atoms with E-state index in [4.69, 9.17) is 14.2 Å². The van der Waals surface area contributed by atoms with Gasteiger partial charge in [0.25, 0.3) is 5.56 Å². The predicted octanol–water partition coefficient (Wildman–Crippen LogP) is 3.62. The van der Waals surface area contributed by atoms with E-state index in [-0.39, 0.29) is 12.4 Å². The molecule has 0 saturated heterocycles. The molecule has 0 saturated carbocycles. The summed E-state index contributed by atoms with van der Waals surface area (Å²) < 4.78 is 17.5.